The van der Waals surface area contributed by atoms with E-state index in [-0.39, 0.29) is 0 Å². The van der Waals surface area contributed by atoms with E-state index in [0.29, 0.717) is 19.5 Å². The Balaban J connectivity index is 2.70. The average molecular weight is 279 g/mol. The average Bonchev–Trinajstić information content (AvgIpc) is 2.38. The lowest BCUT2D eigenvalue weighted by Gasteiger charge is -2.30. The molecule has 20 heavy (non-hydrogen) atoms. The quantitative estimate of drug-likeness (QED) is 0.794. The predicted octanol–water partition coefficient (Wildman–Crippen LogP) is 3.02. The molecule has 0 radical (unpaired) electrons. The summed E-state index contributed by atoms with van der Waals surface area (Å²) in [7, 11) is 3.60. The molecule has 1 aromatic rings. The van der Waals surface area contributed by atoms with Gasteiger partial charge >= 0.3 is 5.97 Å². The number of carboxylic acid groups (broad SMARTS) is 1. The first kappa shape index (κ1) is 16.5. The molecular weight excluding hydrogens is 254 g/mol. The Morgan fingerprint density at radius 2 is 2.15 bits per heavy atom. The maximum atomic E-state index is 11.5. The first-order valence-electron chi connectivity index (χ1n) is 6.96. The van der Waals surface area contributed by atoms with Gasteiger partial charge in [0, 0.05) is 13.1 Å². The fourth-order valence-electron chi connectivity index (χ4n) is 2.54. The molecule has 1 aromatic carbocycles. The molecule has 4 heteroatoms. The molecule has 1 unspecified atom stereocenters. The Morgan fingerprint density at radius 3 is 2.70 bits per heavy atom. The number of nitrogens with zero attached hydrogens (tertiary/aromatic N) is 1. The lowest BCUT2D eigenvalue weighted by atomic mass is 9.85. The van der Waals surface area contributed by atoms with Crippen LogP contribution in [0.3, 0.4) is 0 Å². The predicted molar refractivity (Wildman–Crippen MR) is 80.0 cm³/mol. The highest BCUT2D eigenvalue weighted by Gasteiger charge is 2.33. The van der Waals surface area contributed by atoms with Crippen molar-refractivity contribution < 1.29 is 14.6 Å². The number of benzene rings is 1. The topological polar surface area (TPSA) is 49.8 Å². The summed E-state index contributed by atoms with van der Waals surface area (Å²) < 4.78 is 5.20. The second-order valence-electron chi connectivity index (χ2n) is 5.64. The minimum atomic E-state index is -0.725. The molecular formula is C16H25NO3. The fraction of sp³-hybridized carbons (Fsp3) is 0.562. The Kier molecular flexibility index (Phi) is 6.02. The van der Waals surface area contributed by atoms with E-state index in [0.717, 1.165) is 17.7 Å². The molecule has 1 atom stereocenters. The third-order valence-electron chi connectivity index (χ3n) is 3.52. The molecule has 0 spiro atoms. The van der Waals surface area contributed by atoms with E-state index in [4.69, 9.17) is 4.74 Å². The molecule has 0 aromatic heterocycles. The molecule has 112 valence electrons. The number of hydrogen-bond donors (Lipinski definition) is 1. The van der Waals surface area contributed by atoms with Crippen molar-refractivity contribution in [2.75, 3.05) is 20.7 Å². The maximum absolute atomic E-state index is 11.5. The van der Waals surface area contributed by atoms with Crippen LogP contribution in [0, 0.1) is 5.41 Å². The zero-order valence-corrected chi connectivity index (χ0v) is 12.8. The number of methoxy groups -OCH3 is 1. The highest BCUT2D eigenvalue weighted by molar-refractivity contribution is 5.74. The van der Waals surface area contributed by atoms with Gasteiger partial charge in [-0.2, -0.15) is 0 Å². The fourth-order valence-corrected chi connectivity index (χ4v) is 2.54. The van der Waals surface area contributed by atoms with Gasteiger partial charge in [-0.15, -0.1) is 0 Å². The van der Waals surface area contributed by atoms with Crippen LogP contribution in [0.2, 0.25) is 0 Å². The zero-order chi connectivity index (χ0) is 15.2. The number of ether oxygens (including phenoxy) is 1. The highest BCUT2D eigenvalue weighted by atomic mass is 16.5. The van der Waals surface area contributed by atoms with Crippen molar-refractivity contribution in [1.82, 2.24) is 4.90 Å². The molecule has 1 rings (SSSR count). The lowest BCUT2D eigenvalue weighted by molar-refractivity contribution is -0.149. The summed E-state index contributed by atoms with van der Waals surface area (Å²) in [6, 6.07) is 7.86. The van der Waals surface area contributed by atoms with Crippen LogP contribution in [0.1, 0.15) is 32.3 Å². The van der Waals surface area contributed by atoms with Gasteiger partial charge < -0.3 is 14.7 Å². The van der Waals surface area contributed by atoms with E-state index in [1.165, 1.54) is 0 Å². The lowest BCUT2D eigenvalue weighted by Crippen LogP contribution is -2.39. The van der Waals surface area contributed by atoms with Crippen LogP contribution in [0.4, 0.5) is 0 Å². The first-order chi connectivity index (χ1) is 9.41. The van der Waals surface area contributed by atoms with E-state index in [9.17, 15) is 9.90 Å². The largest absolute Gasteiger partial charge is 0.497 e. The molecule has 0 aliphatic rings. The molecule has 1 N–H and O–H groups in total. The molecule has 0 saturated carbocycles. The third kappa shape index (κ3) is 4.53. The van der Waals surface area contributed by atoms with Crippen molar-refractivity contribution in [3.05, 3.63) is 29.8 Å². The van der Waals surface area contributed by atoms with Gasteiger partial charge in [0.05, 0.1) is 12.5 Å². The van der Waals surface area contributed by atoms with Crippen molar-refractivity contribution in [3.63, 3.8) is 0 Å². The van der Waals surface area contributed by atoms with E-state index < -0.39 is 11.4 Å². The van der Waals surface area contributed by atoms with E-state index in [1.807, 2.05) is 45.2 Å². The van der Waals surface area contributed by atoms with Gasteiger partial charge in [-0.3, -0.25) is 4.79 Å². The molecule has 0 aliphatic carbocycles. The summed E-state index contributed by atoms with van der Waals surface area (Å²) in [4.78, 5) is 13.5. The smallest absolute Gasteiger partial charge is 0.310 e. The van der Waals surface area contributed by atoms with E-state index in [2.05, 4.69) is 4.90 Å². The highest BCUT2D eigenvalue weighted by Crippen LogP contribution is 2.25. The summed E-state index contributed by atoms with van der Waals surface area (Å²) in [5.74, 6) is 0.0993. The zero-order valence-electron chi connectivity index (χ0n) is 12.8. The van der Waals surface area contributed by atoms with Crippen LogP contribution in [0.5, 0.6) is 5.75 Å². The molecule has 0 aliphatic heterocycles. The van der Waals surface area contributed by atoms with Crippen LogP contribution >= 0.6 is 0 Å². The summed E-state index contributed by atoms with van der Waals surface area (Å²) in [5, 5.41) is 9.41. The van der Waals surface area contributed by atoms with Crippen molar-refractivity contribution in [2.45, 2.75) is 33.2 Å². The number of carbonyl (C=O) groups is 1. The number of aliphatic carboxylic acids is 1. The van der Waals surface area contributed by atoms with Gasteiger partial charge in [-0.05, 0) is 38.1 Å². The monoisotopic (exact) mass is 279 g/mol. The van der Waals surface area contributed by atoms with Crippen molar-refractivity contribution in [3.8, 4) is 5.75 Å². The minimum Gasteiger partial charge on any atom is -0.497 e. The summed E-state index contributed by atoms with van der Waals surface area (Å²) >= 11 is 0. The molecule has 4 nitrogen and oxygen atoms in total. The maximum Gasteiger partial charge on any atom is 0.310 e. The molecule has 0 fully saturated rings. The summed E-state index contributed by atoms with van der Waals surface area (Å²) in [6.45, 7) is 5.08. The van der Waals surface area contributed by atoms with Crippen LogP contribution in [0.15, 0.2) is 24.3 Å². The van der Waals surface area contributed by atoms with Crippen LogP contribution in [-0.2, 0) is 11.3 Å². The van der Waals surface area contributed by atoms with Gasteiger partial charge in [0.1, 0.15) is 5.75 Å². The van der Waals surface area contributed by atoms with Gasteiger partial charge in [0.15, 0.2) is 0 Å². The van der Waals surface area contributed by atoms with Gasteiger partial charge in [0.2, 0.25) is 0 Å². The van der Waals surface area contributed by atoms with Crippen LogP contribution in [-0.4, -0.2) is 36.7 Å². The normalized spacial score (nSPS) is 14.1. The SMILES string of the molecule is CCCC(C)(CN(C)Cc1cccc(OC)c1)C(=O)O. The van der Waals surface area contributed by atoms with Crippen molar-refractivity contribution >= 4 is 5.97 Å². The Bertz CT molecular complexity index is 447. The van der Waals surface area contributed by atoms with E-state index >= 15 is 0 Å². The minimum absolute atomic E-state index is 0.535. The van der Waals surface area contributed by atoms with Gasteiger partial charge in [-0.25, -0.2) is 0 Å². The van der Waals surface area contributed by atoms with Crippen molar-refractivity contribution in [2.24, 2.45) is 5.41 Å². The standard InChI is InChI=1S/C16H25NO3/c1-5-9-16(2,15(18)19)12-17(3)11-13-7-6-8-14(10-13)20-4/h6-8,10H,5,9,11-12H2,1-4H3,(H,18,19). The molecule has 0 bridgehead atoms. The number of rotatable bonds is 8. The van der Waals surface area contributed by atoms with Gasteiger partial charge in [0.25, 0.3) is 0 Å². The van der Waals surface area contributed by atoms with Gasteiger partial charge in [-0.1, -0.05) is 25.5 Å². The molecule has 0 heterocycles. The molecule has 0 amide bonds. The van der Waals surface area contributed by atoms with Crippen molar-refractivity contribution in [1.29, 1.82) is 0 Å². The Morgan fingerprint density at radius 1 is 1.45 bits per heavy atom. The second-order valence-corrected chi connectivity index (χ2v) is 5.64. The third-order valence-corrected chi connectivity index (χ3v) is 3.52. The number of hydrogen-bond acceptors (Lipinski definition) is 3. The summed E-state index contributed by atoms with van der Waals surface area (Å²) in [6.07, 6.45) is 1.56. The second kappa shape index (κ2) is 7.29. The first-order valence-corrected chi connectivity index (χ1v) is 6.96. The Hall–Kier alpha value is -1.55. The number of carboxylic acids is 1. The van der Waals surface area contributed by atoms with E-state index in [1.54, 1.807) is 7.11 Å². The Labute approximate surface area is 121 Å². The van der Waals surface area contributed by atoms with Crippen LogP contribution in [0.25, 0.3) is 0 Å². The molecule has 0 saturated heterocycles. The van der Waals surface area contributed by atoms with Crippen LogP contribution < -0.4 is 4.74 Å². The summed E-state index contributed by atoms with van der Waals surface area (Å²) in [5.41, 5.74) is 0.429.